The SMILES string of the molecule is CCc1nc(CNC(=NC)N2CCN(c3nccn(C)c3=O)CC2)cs1.I. The standard InChI is InChI=1S/C17H25N7OS.HI/c1-4-14-21-13(12-26-14)11-20-17(18-2)24-9-7-23(8-10-24)15-16(25)22(3)6-5-19-15;/h5-6,12H,4,7-11H2,1-3H3,(H,18,20);1H. The average molecular weight is 503 g/mol. The predicted octanol–water partition coefficient (Wildman–Crippen LogP) is 1.31. The van der Waals surface area contributed by atoms with Crippen LogP contribution in [0, 0.1) is 0 Å². The third-order valence-corrected chi connectivity index (χ3v) is 5.46. The molecule has 0 radical (unpaired) electrons. The maximum Gasteiger partial charge on any atom is 0.293 e. The molecular formula is C17H26IN7OS. The Labute approximate surface area is 180 Å². The summed E-state index contributed by atoms with van der Waals surface area (Å²) < 4.78 is 1.56. The molecule has 1 aliphatic rings. The van der Waals surface area contributed by atoms with Crippen LogP contribution in [-0.2, 0) is 20.0 Å². The zero-order valence-electron chi connectivity index (χ0n) is 15.9. The lowest BCUT2D eigenvalue weighted by Gasteiger charge is -2.36. The Kier molecular flexibility index (Phi) is 8.02. The summed E-state index contributed by atoms with van der Waals surface area (Å²) in [7, 11) is 3.54. The van der Waals surface area contributed by atoms with Crippen molar-refractivity contribution in [3.63, 3.8) is 0 Å². The maximum atomic E-state index is 12.2. The van der Waals surface area contributed by atoms with Gasteiger partial charge in [0.25, 0.3) is 5.56 Å². The van der Waals surface area contributed by atoms with Gasteiger partial charge in [0.1, 0.15) is 0 Å². The third kappa shape index (κ3) is 5.18. The Balaban J connectivity index is 0.00000261. The van der Waals surface area contributed by atoms with Crippen molar-refractivity contribution < 1.29 is 0 Å². The van der Waals surface area contributed by atoms with Crippen molar-refractivity contribution >= 4 is 47.1 Å². The first-order valence-corrected chi connectivity index (χ1v) is 9.65. The summed E-state index contributed by atoms with van der Waals surface area (Å²) in [5, 5.41) is 6.63. The zero-order valence-corrected chi connectivity index (χ0v) is 19.0. The number of nitrogens with one attached hydrogen (secondary N) is 1. The number of hydrogen-bond acceptors (Lipinski definition) is 6. The molecule has 1 N–H and O–H groups in total. The fourth-order valence-electron chi connectivity index (χ4n) is 2.93. The molecule has 0 aliphatic carbocycles. The molecule has 10 heteroatoms. The first-order valence-electron chi connectivity index (χ1n) is 8.77. The van der Waals surface area contributed by atoms with E-state index in [1.807, 2.05) is 4.90 Å². The minimum Gasteiger partial charge on any atom is -0.351 e. The highest BCUT2D eigenvalue weighted by molar-refractivity contribution is 14.0. The Morgan fingerprint density at radius 2 is 2.07 bits per heavy atom. The van der Waals surface area contributed by atoms with Gasteiger partial charge >= 0.3 is 0 Å². The van der Waals surface area contributed by atoms with E-state index in [0.717, 1.165) is 49.3 Å². The van der Waals surface area contributed by atoms with E-state index >= 15 is 0 Å². The fraction of sp³-hybridized carbons (Fsp3) is 0.529. The second-order valence-electron chi connectivity index (χ2n) is 6.13. The van der Waals surface area contributed by atoms with E-state index in [-0.39, 0.29) is 29.5 Å². The molecule has 0 saturated carbocycles. The van der Waals surface area contributed by atoms with Crippen LogP contribution in [0.3, 0.4) is 0 Å². The van der Waals surface area contributed by atoms with E-state index in [2.05, 4.69) is 37.5 Å². The van der Waals surface area contributed by atoms with E-state index in [1.54, 1.807) is 42.4 Å². The number of aromatic nitrogens is 3. The minimum absolute atomic E-state index is 0. The molecule has 27 heavy (non-hydrogen) atoms. The van der Waals surface area contributed by atoms with E-state index in [9.17, 15) is 4.79 Å². The van der Waals surface area contributed by atoms with Crippen molar-refractivity contribution in [2.24, 2.45) is 12.0 Å². The van der Waals surface area contributed by atoms with Crippen LogP contribution in [0.15, 0.2) is 27.6 Å². The maximum absolute atomic E-state index is 12.2. The molecule has 2 aromatic rings. The van der Waals surface area contributed by atoms with Gasteiger partial charge in [-0.15, -0.1) is 35.3 Å². The second kappa shape index (κ2) is 10.0. The van der Waals surface area contributed by atoms with Gasteiger partial charge in [0.2, 0.25) is 0 Å². The quantitative estimate of drug-likeness (QED) is 0.385. The lowest BCUT2D eigenvalue weighted by Crippen LogP contribution is -2.53. The van der Waals surface area contributed by atoms with Crippen LogP contribution >= 0.6 is 35.3 Å². The van der Waals surface area contributed by atoms with Gasteiger partial charge in [0.05, 0.1) is 17.2 Å². The molecule has 1 fully saturated rings. The van der Waals surface area contributed by atoms with Gasteiger partial charge in [-0.05, 0) is 6.42 Å². The number of thiazole rings is 1. The molecular weight excluding hydrogens is 477 g/mol. The first kappa shape index (κ1) is 21.6. The number of piperazine rings is 1. The molecule has 0 amide bonds. The number of guanidine groups is 1. The van der Waals surface area contributed by atoms with Crippen LogP contribution in [-0.4, -0.2) is 58.6 Å². The molecule has 148 valence electrons. The minimum atomic E-state index is -0.0567. The number of anilines is 1. The van der Waals surface area contributed by atoms with Crippen LogP contribution in [0.25, 0.3) is 0 Å². The van der Waals surface area contributed by atoms with Gasteiger partial charge in [0, 0.05) is 58.0 Å². The third-order valence-electron chi connectivity index (χ3n) is 4.42. The summed E-state index contributed by atoms with van der Waals surface area (Å²) in [4.78, 5) is 29.7. The largest absolute Gasteiger partial charge is 0.351 e. The monoisotopic (exact) mass is 503 g/mol. The molecule has 1 saturated heterocycles. The number of nitrogens with zero attached hydrogens (tertiary/aromatic N) is 6. The van der Waals surface area contributed by atoms with Gasteiger partial charge in [0.15, 0.2) is 11.8 Å². The Hall–Kier alpha value is -1.69. The molecule has 3 heterocycles. The molecule has 0 spiro atoms. The van der Waals surface area contributed by atoms with E-state index < -0.39 is 0 Å². The summed E-state index contributed by atoms with van der Waals surface area (Å²) in [6.45, 7) is 5.84. The van der Waals surface area contributed by atoms with Crippen molar-refractivity contribution in [1.82, 2.24) is 24.8 Å². The van der Waals surface area contributed by atoms with Crippen molar-refractivity contribution in [2.45, 2.75) is 19.9 Å². The highest BCUT2D eigenvalue weighted by Crippen LogP contribution is 2.11. The summed E-state index contributed by atoms with van der Waals surface area (Å²) in [6, 6.07) is 0. The molecule has 0 aromatic carbocycles. The number of rotatable bonds is 4. The van der Waals surface area contributed by atoms with Crippen LogP contribution in [0.4, 0.5) is 5.82 Å². The molecule has 0 atom stereocenters. The molecule has 0 unspecified atom stereocenters. The first-order chi connectivity index (χ1) is 12.6. The smallest absolute Gasteiger partial charge is 0.293 e. The van der Waals surface area contributed by atoms with Crippen molar-refractivity contribution in [1.29, 1.82) is 0 Å². The number of hydrogen-bond donors (Lipinski definition) is 1. The molecule has 2 aromatic heterocycles. The van der Waals surface area contributed by atoms with Crippen LogP contribution in [0.1, 0.15) is 17.6 Å². The predicted molar refractivity (Wildman–Crippen MR) is 120 cm³/mol. The van der Waals surface area contributed by atoms with Crippen LogP contribution < -0.4 is 15.8 Å². The summed E-state index contributed by atoms with van der Waals surface area (Å²) in [5.41, 5.74) is 0.988. The van der Waals surface area contributed by atoms with E-state index in [4.69, 9.17) is 0 Å². The molecule has 1 aliphatic heterocycles. The summed E-state index contributed by atoms with van der Waals surface area (Å²) in [5.74, 6) is 1.39. The van der Waals surface area contributed by atoms with Crippen LogP contribution in [0.5, 0.6) is 0 Å². The molecule has 0 bridgehead atoms. The van der Waals surface area contributed by atoms with Crippen molar-refractivity contribution in [3.05, 3.63) is 38.8 Å². The zero-order chi connectivity index (χ0) is 18.5. The van der Waals surface area contributed by atoms with E-state index in [1.165, 1.54) is 0 Å². The fourth-order valence-corrected chi connectivity index (χ4v) is 3.67. The highest BCUT2D eigenvalue weighted by atomic mass is 127. The van der Waals surface area contributed by atoms with E-state index in [0.29, 0.717) is 12.4 Å². The van der Waals surface area contributed by atoms with Crippen molar-refractivity contribution in [2.75, 3.05) is 38.1 Å². The lowest BCUT2D eigenvalue weighted by atomic mass is 10.3. The van der Waals surface area contributed by atoms with Crippen LogP contribution in [0.2, 0.25) is 0 Å². The Morgan fingerprint density at radius 1 is 1.33 bits per heavy atom. The lowest BCUT2D eigenvalue weighted by molar-refractivity contribution is 0.370. The normalized spacial score (nSPS) is 14.9. The summed E-state index contributed by atoms with van der Waals surface area (Å²) in [6.07, 6.45) is 4.31. The molecule has 3 rings (SSSR count). The second-order valence-corrected chi connectivity index (χ2v) is 7.07. The van der Waals surface area contributed by atoms with Gasteiger partial charge in [-0.1, -0.05) is 6.92 Å². The number of aliphatic imine (C=N–C) groups is 1. The van der Waals surface area contributed by atoms with Crippen molar-refractivity contribution in [3.8, 4) is 0 Å². The Bertz CT molecular complexity index is 827. The van der Waals surface area contributed by atoms with Gasteiger partial charge in [-0.25, -0.2) is 9.97 Å². The van der Waals surface area contributed by atoms with Gasteiger partial charge in [-0.3, -0.25) is 9.79 Å². The average Bonchev–Trinajstić information content (AvgIpc) is 3.13. The molecule has 8 nitrogen and oxygen atoms in total. The number of aryl methyl sites for hydroxylation is 2. The summed E-state index contributed by atoms with van der Waals surface area (Å²) >= 11 is 1.69. The van der Waals surface area contributed by atoms with Gasteiger partial charge in [-0.2, -0.15) is 0 Å². The highest BCUT2D eigenvalue weighted by Gasteiger charge is 2.22. The Morgan fingerprint density at radius 3 is 2.70 bits per heavy atom. The number of halogens is 1. The topological polar surface area (TPSA) is 78.7 Å². The van der Waals surface area contributed by atoms with Gasteiger partial charge < -0.3 is 19.7 Å².